The van der Waals surface area contributed by atoms with E-state index >= 15 is 0 Å². The van der Waals surface area contributed by atoms with Crippen molar-refractivity contribution in [2.45, 2.75) is 12.5 Å². The molecule has 0 saturated carbocycles. The molecule has 0 radical (unpaired) electrons. The van der Waals surface area contributed by atoms with Gasteiger partial charge in [0.15, 0.2) is 5.11 Å². The van der Waals surface area contributed by atoms with Gasteiger partial charge in [-0.05, 0) is 30.4 Å². The highest BCUT2D eigenvalue weighted by atomic mass is 79.9. The SMILES string of the molecule is COCCOc1ccc(Br)cc1C(=O)NC(=S)N1CCNC(=O)C1CC(=O)OC. The summed E-state index contributed by atoms with van der Waals surface area (Å²) >= 11 is 8.67. The summed E-state index contributed by atoms with van der Waals surface area (Å²) in [6.07, 6.45) is -0.180. The number of ether oxygens (including phenoxy) is 3. The third-order valence-corrected chi connectivity index (χ3v) is 4.96. The van der Waals surface area contributed by atoms with Crippen molar-refractivity contribution in [3.63, 3.8) is 0 Å². The van der Waals surface area contributed by atoms with Gasteiger partial charge < -0.3 is 24.4 Å². The van der Waals surface area contributed by atoms with Crippen molar-refractivity contribution in [2.24, 2.45) is 0 Å². The molecule has 1 aliphatic rings. The molecule has 2 rings (SSSR count). The Labute approximate surface area is 182 Å². The Balaban J connectivity index is 2.14. The third-order valence-electron chi connectivity index (χ3n) is 4.13. The Morgan fingerprint density at radius 2 is 2.10 bits per heavy atom. The molecular formula is C18H22BrN3O6S. The first-order valence-corrected chi connectivity index (χ1v) is 9.95. The molecule has 2 amide bonds. The Bertz CT molecular complexity index is 791. The zero-order valence-electron chi connectivity index (χ0n) is 16.0. The van der Waals surface area contributed by atoms with Gasteiger partial charge in [0.1, 0.15) is 18.4 Å². The molecule has 11 heteroatoms. The number of piperazine rings is 1. The van der Waals surface area contributed by atoms with Crippen LogP contribution in [0.4, 0.5) is 0 Å². The largest absolute Gasteiger partial charge is 0.490 e. The van der Waals surface area contributed by atoms with E-state index in [0.717, 1.165) is 0 Å². The van der Waals surface area contributed by atoms with E-state index in [4.69, 9.17) is 21.7 Å². The summed E-state index contributed by atoms with van der Waals surface area (Å²) in [6.45, 7) is 1.33. The van der Waals surface area contributed by atoms with Crippen LogP contribution in [0.25, 0.3) is 0 Å². The maximum absolute atomic E-state index is 12.8. The first-order valence-electron chi connectivity index (χ1n) is 8.75. The van der Waals surface area contributed by atoms with E-state index in [0.29, 0.717) is 29.9 Å². The highest BCUT2D eigenvalue weighted by molar-refractivity contribution is 9.10. The fourth-order valence-corrected chi connectivity index (χ4v) is 3.35. The van der Waals surface area contributed by atoms with Crippen molar-refractivity contribution in [3.8, 4) is 5.75 Å². The molecule has 0 aromatic heterocycles. The van der Waals surface area contributed by atoms with Crippen molar-refractivity contribution >= 4 is 51.0 Å². The van der Waals surface area contributed by atoms with Gasteiger partial charge in [-0.25, -0.2) is 0 Å². The van der Waals surface area contributed by atoms with Crippen LogP contribution in [-0.4, -0.2) is 74.4 Å². The number of esters is 1. The number of halogens is 1. The molecular weight excluding hydrogens is 466 g/mol. The molecule has 1 aromatic carbocycles. The molecule has 0 spiro atoms. The second kappa shape index (κ2) is 11.1. The normalized spacial score (nSPS) is 16.0. The van der Waals surface area contributed by atoms with Gasteiger partial charge in [0, 0.05) is 24.7 Å². The van der Waals surface area contributed by atoms with Crippen LogP contribution in [0.2, 0.25) is 0 Å². The number of hydrogen-bond acceptors (Lipinski definition) is 7. The van der Waals surface area contributed by atoms with E-state index < -0.39 is 17.9 Å². The summed E-state index contributed by atoms with van der Waals surface area (Å²) in [7, 11) is 2.79. The summed E-state index contributed by atoms with van der Waals surface area (Å²) in [5, 5.41) is 5.34. The van der Waals surface area contributed by atoms with Crippen LogP contribution >= 0.6 is 28.1 Å². The maximum Gasteiger partial charge on any atom is 0.308 e. The van der Waals surface area contributed by atoms with Crippen LogP contribution in [0, 0.1) is 0 Å². The fourth-order valence-electron chi connectivity index (χ4n) is 2.68. The van der Waals surface area contributed by atoms with E-state index in [1.807, 2.05) is 0 Å². The molecule has 0 bridgehead atoms. The van der Waals surface area contributed by atoms with Crippen LogP contribution in [0.1, 0.15) is 16.8 Å². The quantitative estimate of drug-likeness (QED) is 0.331. The average molecular weight is 488 g/mol. The van der Waals surface area contributed by atoms with Crippen molar-refractivity contribution in [1.82, 2.24) is 15.5 Å². The van der Waals surface area contributed by atoms with Crippen LogP contribution in [-0.2, 0) is 19.1 Å². The Morgan fingerprint density at radius 3 is 2.79 bits per heavy atom. The molecule has 1 aromatic rings. The number of carbonyl (C=O) groups excluding carboxylic acids is 3. The number of benzene rings is 1. The predicted molar refractivity (Wildman–Crippen MR) is 112 cm³/mol. The predicted octanol–water partition coefficient (Wildman–Crippen LogP) is 0.853. The first-order chi connectivity index (χ1) is 13.9. The standard InChI is InChI=1S/C18H22BrN3O6S/c1-26-7-8-28-14-4-3-11(19)9-12(14)16(24)21-18(29)22-6-5-20-17(25)13(22)10-15(23)27-2/h3-4,9,13H,5-8,10H2,1-2H3,(H,20,25)(H,21,24,29). The van der Waals surface area contributed by atoms with E-state index in [1.165, 1.54) is 12.0 Å². The number of rotatable bonds is 7. The van der Waals surface area contributed by atoms with Gasteiger partial charge in [-0.2, -0.15) is 0 Å². The van der Waals surface area contributed by atoms with E-state index in [2.05, 4.69) is 31.3 Å². The van der Waals surface area contributed by atoms with Gasteiger partial charge >= 0.3 is 5.97 Å². The van der Waals surface area contributed by atoms with Gasteiger partial charge in [0.2, 0.25) is 5.91 Å². The molecule has 1 saturated heterocycles. The molecule has 2 N–H and O–H groups in total. The lowest BCUT2D eigenvalue weighted by Crippen LogP contribution is -2.60. The number of methoxy groups -OCH3 is 2. The molecule has 1 atom stereocenters. The minimum Gasteiger partial charge on any atom is -0.490 e. The van der Waals surface area contributed by atoms with Crippen molar-refractivity contribution in [1.29, 1.82) is 0 Å². The molecule has 158 valence electrons. The number of amides is 2. The molecule has 9 nitrogen and oxygen atoms in total. The van der Waals surface area contributed by atoms with Crippen LogP contribution in [0.5, 0.6) is 5.75 Å². The van der Waals surface area contributed by atoms with E-state index in [-0.39, 0.29) is 29.6 Å². The number of hydrogen-bond donors (Lipinski definition) is 2. The minimum atomic E-state index is -0.857. The van der Waals surface area contributed by atoms with E-state index in [9.17, 15) is 14.4 Å². The summed E-state index contributed by atoms with van der Waals surface area (Å²) < 4.78 is 15.9. The zero-order valence-corrected chi connectivity index (χ0v) is 18.4. The fraction of sp³-hybridized carbons (Fsp3) is 0.444. The third kappa shape index (κ3) is 6.38. The monoisotopic (exact) mass is 487 g/mol. The number of carbonyl (C=O) groups is 3. The Kier molecular flexibility index (Phi) is 8.80. The summed E-state index contributed by atoms with van der Waals surface area (Å²) in [4.78, 5) is 38.2. The van der Waals surface area contributed by atoms with Crippen molar-refractivity contribution in [2.75, 3.05) is 40.5 Å². The summed E-state index contributed by atoms with van der Waals surface area (Å²) in [5.41, 5.74) is 0.267. The van der Waals surface area contributed by atoms with E-state index in [1.54, 1.807) is 25.3 Å². The first kappa shape index (κ1) is 23.0. The molecule has 0 aliphatic carbocycles. The van der Waals surface area contributed by atoms with Crippen LogP contribution < -0.4 is 15.4 Å². The topological polar surface area (TPSA) is 106 Å². The lowest BCUT2D eigenvalue weighted by atomic mass is 10.1. The lowest BCUT2D eigenvalue weighted by molar-refractivity contribution is -0.144. The molecule has 1 aliphatic heterocycles. The molecule has 1 heterocycles. The van der Waals surface area contributed by atoms with Crippen LogP contribution in [0.3, 0.4) is 0 Å². The Morgan fingerprint density at radius 1 is 1.34 bits per heavy atom. The smallest absolute Gasteiger partial charge is 0.308 e. The molecule has 29 heavy (non-hydrogen) atoms. The lowest BCUT2D eigenvalue weighted by Gasteiger charge is -2.36. The summed E-state index contributed by atoms with van der Waals surface area (Å²) in [5.74, 6) is -1.03. The number of nitrogens with zero attached hydrogens (tertiary/aromatic N) is 1. The Hall–Kier alpha value is -2.24. The van der Waals surface area contributed by atoms with Crippen molar-refractivity contribution in [3.05, 3.63) is 28.2 Å². The molecule has 1 fully saturated rings. The maximum atomic E-state index is 12.8. The van der Waals surface area contributed by atoms with Crippen LogP contribution in [0.15, 0.2) is 22.7 Å². The summed E-state index contributed by atoms with van der Waals surface area (Å²) in [6, 6.07) is 4.16. The highest BCUT2D eigenvalue weighted by Gasteiger charge is 2.34. The van der Waals surface area contributed by atoms with Crippen molar-refractivity contribution < 1.29 is 28.6 Å². The second-order valence-corrected chi connectivity index (χ2v) is 7.32. The minimum absolute atomic E-state index is 0.0431. The van der Waals surface area contributed by atoms with Gasteiger partial charge in [-0.15, -0.1) is 0 Å². The second-order valence-electron chi connectivity index (χ2n) is 6.02. The van der Waals surface area contributed by atoms with Gasteiger partial charge in [-0.3, -0.25) is 19.7 Å². The van der Waals surface area contributed by atoms with Gasteiger partial charge in [-0.1, -0.05) is 15.9 Å². The van der Waals surface area contributed by atoms with Gasteiger partial charge in [0.05, 0.1) is 25.7 Å². The number of thiocarbonyl (C=S) groups is 1. The molecule has 1 unspecified atom stereocenters. The highest BCUT2D eigenvalue weighted by Crippen LogP contribution is 2.23. The number of nitrogens with one attached hydrogen (secondary N) is 2. The van der Waals surface area contributed by atoms with Gasteiger partial charge in [0.25, 0.3) is 5.91 Å². The zero-order chi connectivity index (χ0) is 21.4. The average Bonchev–Trinajstić information content (AvgIpc) is 2.70.